The maximum atomic E-state index is 12.4. The van der Waals surface area contributed by atoms with Crippen molar-refractivity contribution in [3.05, 3.63) is 35.4 Å². The zero-order valence-electron chi connectivity index (χ0n) is 16.7. The lowest BCUT2D eigenvalue weighted by Gasteiger charge is -2.46. The molecule has 27 heavy (non-hydrogen) atoms. The van der Waals surface area contributed by atoms with Gasteiger partial charge in [0.05, 0.1) is 0 Å². The van der Waals surface area contributed by atoms with Crippen molar-refractivity contribution >= 4 is 6.03 Å². The van der Waals surface area contributed by atoms with E-state index in [9.17, 15) is 4.79 Å². The molecular weight excluding hydrogens is 336 g/mol. The van der Waals surface area contributed by atoms with Crippen LogP contribution in [0.15, 0.2) is 24.3 Å². The van der Waals surface area contributed by atoms with E-state index in [1.54, 1.807) is 0 Å². The number of urea groups is 1. The summed E-state index contributed by atoms with van der Waals surface area (Å²) in [7, 11) is 0. The van der Waals surface area contributed by atoms with Crippen LogP contribution in [0, 0.1) is 12.8 Å². The van der Waals surface area contributed by atoms with Crippen LogP contribution in [-0.2, 0) is 6.54 Å². The number of carbonyl (C=O) groups is 1. The molecule has 3 saturated heterocycles. The molecule has 1 N–H and O–H groups in total. The topological polar surface area (TPSA) is 38.8 Å². The minimum Gasteiger partial charge on any atom is -0.338 e. The number of piperidine rings is 1. The van der Waals surface area contributed by atoms with Gasteiger partial charge in [0.15, 0.2) is 0 Å². The Morgan fingerprint density at radius 1 is 1.07 bits per heavy atom. The van der Waals surface area contributed by atoms with Crippen LogP contribution >= 0.6 is 0 Å². The summed E-state index contributed by atoms with van der Waals surface area (Å²) < 4.78 is 0. The third-order valence-electron chi connectivity index (χ3n) is 6.62. The third kappa shape index (κ3) is 4.64. The van der Waals surface area contributed by atoms with Gasteiger partial charge in [0.2, 0.25) is 0 Å². The number of amides is 2. The summed E-state index contributed by atoms with van der Waals surface area (Å²) in [6.07, 6.45) is 5.20. The van der Waals surface area contributed by atoms with Gasteiger partial charge in [0.25, 0.3) is 0 Å². The predicted octanol–water partition coefficient (Wildman–Crippen LogP) is 2.70. The first-order chi connectivity index (χ1) is 13.2. The molecule has 1 aromatic carbocycles. The molecular formula is C22H34N4O. The molecule has 0 bridgehead atoms. The normalized spacial score (nSPS) is 24.8. The highest BCUT2D eigenvalue weighted by atomic mass is 16.2. The first kappa shape index (κ1) is 18.8. The van der Waals surface area contributed by atoms with Crippen molar-refractivity contribution in [2.45, 2.75) is 45.2 Å². The summed E-state index contributed by atoms with van der Waals surface area (Å²) in [6.45, 7) is 10.5. The maximum absolute atomic E-state index is 12.4. The van der Waals surface area contributed by atoms with Crippen LogP contribution in [-0.4, -0.2) is 72.6 Å². The molecule has 5 heteroatoms. The largest absolute Gasteiger partial charge is 0.338 e. The average Bonchev–Trinajstić information content (AvgIpc) is 3.09. The quantitative estimate of drug-likeness (QED) is 0.866. The summed E-state index contributed by atoms with van der Waals surface area (Å²) >= 11 is 0. The Bertz CT molecular complexity index is 637. The highest BCUT2D eigenvalue weighted by Crippen LogP contribution is 2.21. The molecule has 0 aliphatic carbocycles. The van der Waals surface area contributed by atoms with E-state index in [0.717, 1.165) is 39.3 Å². The molecule has 4 rings (SSSR count). The number of carbonyl (C=O) groups excluding carboxylic acids is 1. The Morgan fingerprint density at radius 3 is 2.63 bits per heavy atom. The van der Waals surface area contributed by atoms with Gasteiger partial charge in [0, 0.05) is 38.8 Å². The van der Waals surface area contributed by atoms with E-state index in [-0.39, 0.29) is 6.03 Å². The lowest BCUT2D eigenvalue weighted by Crippen LogP contribution is -2.63. The predicted molar refractivity (Wildman–Crippen MR) is 109 cm³/mol. The Morgan fingerprint density at radius 2 is 1.85 bits per heavy atom. The van der Waals surface area contributed by atoms with Gasteiger partial charge in [-0.15, -0.1) is 0 Å². The van der Waals surface area contributed by atoms with E-state index in [2.05, 4.69) is 46.3 Å². The molecule has 148 valence electrons. The summed E-state index contributed by atoms with van der Waals surface area (Å²) in [6, 6.07) is 9.39. The minimum atomic E-state index is 0.139. The maximum Gasteiger partial charge on any atom is 0.317 e. The molecule has 0 radical (unpaired) electrons. The fraction of sp³-hybridized carbons (Fsp3) is 0.682. The van der Waals surface area contributed by atoms with Crippen molar-refractivity contribution in [1.82, 2.24) is 20.0 Å². The standard InChI is InChI=1S/C22H34N4O/c1-18-7-3-4-8-20(18)15-24-12-9-19(14-24)13-23-22(27)26-16-21(17-26)25-10-5-2-6-11-25/h3-4,7-8,19,21H,2,5-6,9-17H2,1H3,(H,23,27)/t19-/m1/s1. The Labute approximate surface area is 163 Å². The second kappa shape index (κ2) is 8.61. The Balaban J connectivity index is 1.15. The van der Waals surface area contributed by atoms with Crippen LogP contribution in [0.1, 0.15) is 36.8 Å². The Kier molecular flexibility index (Phi) is 5.98. The number of hydrogen-bond acceptors (Lipinski definition) is 3. The lowest BCUT2D eigenvalue weighted by atomic mass is 10.0. The molecule has 0 saturated carbocycles. The second-order valence-corrected chi connectivity index (χ2v) is 8.66. The summed E-state index contributed by atoms with van der Waals surface area (Å²) in [5, 5.41) is 3.19. The van der Waals surface area contributed by atoms with Gasteiger partial charge in [-0.05, 0) is 62.9 Å². The van der Waals surface area contributed by atoms with Crippen molar-refractivity contribution in [3.63, 3.8) is 0 Å². The van der Waals surface area contributed by atoms with Crippen molar-refractivity contribution in [1.29, 1.82) is 0 Å². The molecule has 1 aromatic rings. The second-order valence-electron chi connectivity index (χ2n) is 8.66. The molecule has 3 fully saturated rings. The Hall–Kier alpha value is -1.59. The molecule has 3 aliphatic rings. The SMILES string of the molecule is Cc1ccccc1CN1CC[C@H](CNC(=O)N2CC(N3CCCCC3)C2)C1. The van der Waals surface area contributed by atoms with E-state index in [1.165, 1.54) is 49.9 Å². The molecule has 3 heterocycles. The third-order valence-corrected chi connectivity index (χ3v) is 6.62. The van der Waals surface area contributed by atoms with Crippen LogP contribution < -0.4 is 5.32 Å². The number of hydrogen-bond donors (Lipinski definition) is 1. The first-order valence-electron chi connectivity index (χ1n) is 10.7. The number of rotatable bonds is 5. The smallest absolute Gasteiger partial charge is 0.317 e. The number of likely N-dealkylation sites (tertiary alicyclic amines) is 3. The van der Waals surface area contributed by atoms with Gasteiger partial charge in [-0.1, -0.05) is 30.7 Å². The molecule has 2 amide bonds. The highest BCUT2D eigenvalue weighted by Gasteiger charge is 2.35. The van der Waals surface area contributed by atoms with Crippen molar-refractivity contribution in [2.75, 3.05) is 45.8 Å². The summed E-state index contributed by atoms with van der Waals surface area (Å²) in [5.41, 5.74) is 2.79. The van der Waals surface area contributed by atoms with Gasteiger partial charge in [0.1, 0.15) is 0 Å². The fourth-order valence-electron chi connectivity index (χ4n) is 4.73. The molecule has 0 spiro atoms. The molecule has 0 aromatic heterocycles. The van der Waals surface area contributed by atoms with E-state index in [4.69, 9.17) is 0 Å². The van der Waals surface area contributed by atoms with Crippen LogP contribution in [0.4, 0.5) is 4.79 Å². The average molecular weight is 371 g/mol. The van der Waals surface area contributed by atoms with Crippen molar-refractivity contribution in [2.24, 2.45) is 5.92 Å². The summed E-state index contributed by atoms with van der Waals surface area (Å²) in [5.74, 6) is 0.581. The van der Waals surface area contributed by atoms with E-state index < -0.39 is 0 Å². The van der Waals surface area contributed by atoms with E-state index in [0.29, 0.717) is 12.0 Å². The van der Waals surface area contributed by atoms with Gasteiger partial charge in [-0.2, -0.15) is 0 Å². The first-order valence-corrected chi connectivity index (χ1v) is 10.7. The van der Waals surface area contributed by atoms with Gasteiger partial charge in [-0.3, -0.25) is 9.80 Å². The van der Waals surface area contributed by atoms with E-state index in [1.807, 2.05) is 4.90 Å². The molecule has 5 nitrogen and oxygen atoms in total. The summed E-state index contributed by atoms with van der Waals surface area (Å²) in [4.78, 5) is 19.5. The number of nitrogens with zero attached hydrogens (tertiary/aromatic N) is 3. The van der Waals surface area contributed by atoms with Gasteiger partial charge in [-0.25, -0.2) is 4.79 Å². The molecule has 0 unspecified atom stereocenters. The van der Waals surface area contributed by atoms with Crippen molar-refractivity contribution in [3.8, 4) is 0 Å². The van der Waals surface area contributed by atoms with Crippen LogP contribution in [0.5, 0.6) is 0 Å². The van der Waals surface area contributed by atoms with Gasteiger partial charge < -0.3 is 10.2 Å². The zero-order valence-corrected chi connectivity index (χ0v) is 16.7. The number of benzene rings is 1. The van der Waals surface area contributed by atoms with E-state index >= 15 is 0 Å². The fourth-order valence-corrected chi connectivity index (χ4v) is 4.73. The van der Waals surface area contributed by atoms with Crippen LogP contribution in [0.2, 0.25) is 0 Å². The monoisotopic (exact) mass is 370 g/mol. The van der Waals surface area contributed by atoms with Crippen molar-refractivity contribution < 1.29 is 4.79 Å². The molecule has 3 aliphatic heterocycles. The minimum absolute atomic E-state index is 0.139. The van der Waals surface area contributed by atoms with Gasteiger partial charge >= 0.3 is 6.03 Å². The van der Waals surface area contributed by atoms with Crippen LogP contribution in [0.3, 0.4) is 0 Å². The highest BCUT2D eigenvalue weighted by molar-refractivity contribution is 5.75. The number of aryl methyl sites for hydroxylation is 1. The molecule has 1 atom stereocenters. The van der Waals surface area contributed by atoms with Crippen LogP contribution in [0.25, 0.3) is 0 Å². The zero-order chi connectivity index (χ0) is 18.6. The lowest BCUT2D eigenvalue weighted by molar-refractivity contribution is 0.0448. The number of nitrogens with one attached hydrogen (secondary N) is 1.